The van der Waals surface area contributed by atoms with Gasteiger partial charge in [-0.05, 0) is 30.0 Å². The molecule has 0 aliphatic heterocycles. The summed E-state index contributed by atoms with van der Waals surface area (Å²) in [6.07, 6.45) is 4.23. The zero-order chi connectivity index (χ0) is 14.2. The number of aryl methyl sites for hydroxylation is 1. The maximum Gasteiger partial charge on any atom is 0.150 e. The standard InChI is InChI=1S/C18H20O2/c1-2-3-8-15-9-6-7-12-18(15)20-14-17-11-5-4-10-16(17)13-19/h4-7,9-13H,2-3,8,14H2,1H3. The van der Waals surface area contributed by atoms with Crippen LogP contribution in [0.25, 0.3) is 0 Å². The van der Waals surface area contributed by atoms with E-state index in [9.17, 15) is 4.79 Å². The maximum atomic E-state index is 11.0. The van der Waals surface area contributed by atoms with Crippen LogP contribution < -0.4 is 4.74 Å². The summed E-state index contributed by atoms with van der Waals surface area (Å²) in [4.78, 5) is 11.0. The molecule has 0 radical (unpaired) electrons. The summed E-state index contributed by atoms with van der Waals surface area (Å²) in [5.74, 6) is 0.918. The van der Waals surface area contributed by atoms with Crippen molar-refractivity contribution in [3.05, 3.63) is 65.2 Å². The summed E-state index contributed by atoms with van der Waals surface area (Å²) in [7, 11) is 0. The molecule has 0 saturated carbocycles. The van der Waals surface area contributed by atoms with Gasteiger partial charge >= 0.3 is 0 Å². The summed E-state index contributed by atoms with van der Waals surface area (Å²) in [6, 6.07) is 15.7. The van der Waals surface area contributed by atoms with Crippen LogP contribution in [-0.4, -0.2) is 6.29 Å². The van der Waals surface area contributed by atoms with E-state index in [-0.39, 0.29) is 0 Å². The molecular weight excluding hydrogens is 248 g/mol. The zero-order valence-electron chi connectivity index (χ0n) is 11.8. The fourth-order valence-corrected chi connectivity index (χ4v) is 2.15. The van der Waals surface area contributed by atoms with Gasteiger partial charge in [-0.1, -0.05) is 55.8 Å². The molecule has 0 aliphatic carbocycles. The number of aldehydes is 1. The number of hydrogen-bond acceptors (Lipinski definition) is 2. The maximum absolute atomic E-state index is 11.0. The lowest BCUT2D eigenvalue weighted by Gasteiger charge is -2.12. The molecule has 0 bridgehead atoms. The smallest absolute Gasteiger partial charge is 0.150 e. The van der Waals surface area contributed by atoms with Crippen molar-refractivity contribution in [3.8, 4) is 5.75 Å². The molecule has 0 fully saturated rings. The van der Waals surface area contributed by atoms with E-state index in [2.05, 4.69) is 13.0 Å². The molecule has 2 heteroatoms. The quantitative estimate of drug-likeness (QED) is 0.695. The van der Waals surface area contributed by atoms with Gasteiger partial charge in [0, 0.05) is 5.56 Å². The average molecular weight is 268 g/mol. The molecule has 0 N–H and O–H groups in total. The Hall–Kier alpha value is -2.09. The number of ether oxygens (including phenoxy) is 1. The van der Waals surface area contributed by atoms with E-state index in [1.54, 1.807) is 0 Å². The Kier molecular flexibility index (Phi) is 5.36. The molecule has 104 valence electrons. The van der Waals surface area contributed by atoms with E-state index < -0.39 is 0 Å². The lowest BCUT2D eigenvalue weighted by atomic mass is 10.1. The van der Waals surface area contributed by atoms with Gasteiger partial charge < -0.3 is 4.74 Å². The number of hydrogen-bond donors (Lipinski definition) is 0. The van der Waals surface area contributed by atoms with Gasteiger partial charge in [0.2, 0.25) is 0 Å². The molecule has 0 amide bonds. The summed E-state index contributed by atoms with van der Waals surface area (Å²) < 4.78 is 5.90. The highest BCUT2D eigenvalue weighted by molar-refractivity contribution is 5.77. The van der Waals surface area contributed by atoms with E-state index in [1.807, 2.05) is 42.5 Å². The monoisotopic (exact) mass is 268 g/mol. The van der Waals surface area contributed by atoms with Crippen molar-refractivity contribution in [2.45, 2.75) is 32.8 Å². The van der Waals surface area contributed by atoms with Crippen molar-refractivity contribution in [1.82, 2.24) is 0 Å². The Morgan fingerprint density at radius 2 is 1.70 bits per heavy atom. The predicted molar refractivity (Wildman–Crippen MR) is 81.2 cm³/mol. The van der Waals surface area contributed by atoms with Gasteiger partial charge in [-0.15, -0.1) is 0 Å². The first kappa shape index (κ1) is 14.3. The number of unbranched alkanes of at least 4 members (excludes halogenated alkanes) is 1. The minimum absolute atomic E-state index is 0.429. The van der Waals surface area contributed by atoms with Crippen molar-refractivity contribution in [2.24, 2.45) is 0 Å². The highest BCUT2D eigenvalue weighted by Gasteiger charge is 2.05. The molecule has 2 rings (SSSR count). The number of carbonyl (C=O) groups is 1. The Labute approximate surface area is 120 Å². The van der Waals surface area contributed by atoms with Gasteiger partial charge in [0.25, 0.3) is 0 Å². The predicted octanol–water partition coefficient (Wildman–Crippen LogP) is 4.42. The van der Waals surface area contributed by atoms with Crippen LogP contribution in [0.2, 0.25) is 0 Å². The second kappa shape index (κ2) is 7.49. The molecule has 0 aromatic heterocycles. The normalized spacial score (nSPS) is 10.2. The van der Waals surface area contributed by atoms with Gasteiger partial charge in [0.15, 0.2) is 0 Å². The van der Waals surface area contributed by atoms with Crippen LogP contribution >= 0.6 is 0 Å². The molecule has 0 heterocycles. The van der Waals surface area contributed by atoms with Gasteiger partial charge in [-0.3, -0.25) is 4.79 Å². The Balaban J connectivity index is 2.08. The van der Waals surface area contributed by atoms with Crippen LogP contribution in [0.4, 0.5) is 0 Å². The van der Waals surface area contributed by atoms with E-state index in [0.29, 0.717) is 12.2 Å². The average Bonchev–Trinajstić information content (AvgIpc) is 2.52. The number of para-hydroxylation sites is 1. The minimum Gasteiger partial charge on any atom is -0.489 e. The van der Waals surface area contributed by atoms with Crippen LogP contribution in [-0.2, 0) is 13.0 Å². The molecule has 0 atom stereocenters. The van der Waals surface area contributed by atoms with Crippen molar-refractivity contribution in [1.29, 1.82) is 0 Å². The number of benzene rings is 2. The molecule has 2 aromatic rings. The van der Waals surface area contributed by atoms with Gasteiger partial charge in [-0.25, -0.2) is 0 Å². The second-order valence-corrected chi connectivity index (χ2v) is 4.82. The Morgan fingerprint density at radius 1 is 1.00 bits per heavy atom. The van der Waals surface area contributed by atoms with E-state index in [0.717, 1.165) is 30.4 Å². The largest absolute Gasteiger partial charge is 0.489 e. The van der Waals surface area contributed by atoms with Crippen LogP contribution in [0.1, 0.15) is 41.3 Å². The van der Waals surface area contributed by atoms with Crippen molar-refractivity contribution in [3.63, 3.8) is 0 Å². The van der Waals surface area contributed by atoms with E-state index in [1.165, 1.54) is 12.0 Å². The Morgan fingerprint density at radius 3 is 2.45 bits per heavy atom. The van der Waals surface area contributed by atoms with Crippen LogP contribution in [0.3, 0.4) is 0 Å². The fraction of sp³-hybridized carbons (Fsp3) is 0.278. The lowest BCUT2D eigenvalue weighted by molar-refractivity contribution is 0.112. The molecule has 2 aromatic carbocycles. The second-order valence-electron chi connectivity index (χ2n) is 4.82. The van der Waals surface area contributed by atoms with Gasteiger partial charge in [-0.2, -0.15) is 0 Å². The molecular formula is C18H20O2. The molecule has 0 spiro atoms. The summed E-state index contributed by atoms with van der Waals surface area (Å²) >= 11 is 0. The number of rotatable bonds is 7. The lowest BCUT2D eigenvalue weighted by Crippen LogP contribution is -2.01. The topological polar surface area (TPSA) is 26.3 Å². The van der Waals surface area contributed by atoms with Gasteiger partial charge in [0.05, 0.1) is 0 Å². The highest BCUT2D eigenvalue weighted by Crippen LogP contribution is 2.21. The third-order valence-corrected chi connectivity index (χ3v) is 3.34. The van der Waals surface area contributed by atoms with Crippen LogP contribution in [0, 0.1) is 0 Å². The van der Waals surface area contributed by atoms with Crippen LogP contribution in [0.5, 0.6) is 5.75 Å². The van der Waals surface area contributed by atoms with Crippen molar-refractivity contribution in [2.75, 3.05) is 0 Å². The minimum atomic E-state index is 0.429. The first-order valence-electron chi connectivity index (χ1n) is 7.09. The Bertz CT molecular complexity index is 561. The van der Waals surface area contributed by atoms with Crippen molar-refractivity contribution >= 4 is 6.29 Å². The summed E-state index contributed by atoms with van der Waals surface area (Å²) in [5.41, 5.74) is 2.85. The van der Waals surface area contributed by atoms with Gasteiger partial charge in [0.1, 0.15) is 18.6 Å². The number of carbonyl (C=O) groups excluding carboxylic acids is 1. The first-order valence-corrected chi connectivity index (χ1v) is 7.09. The van der Waals surface area contributed by atoms with Crippen molar-refractivity contribution < 1.29 is 9.53 Å². The zero-order valence-corrected chi connectivity index (χ0v) is 11.8. The fourth-order valence-electron chi connectivity index (χ4n) is 2.15. The highest BCUT2D eigenvalue weighted by atomic mass is 16.5. The summed E-state index contributed by atoms with van der Waals surface area (Å²) in [5, 5.41) is 0. The third-order valence-electron chi connectivity index (χ3n) is 3.34. The third kappa shape index (κ3) is 3.70. The molecule has 0 aliphatic rings. The molecule has 0 saturated heterocycles. The first-order chi connectivity index (χ1) is 9.85. The van der Waals surface area contributed by atoms with E-state index in [4.69, 9.17) is 4.74 Å². The van der Waals surface area contributed by atoms with E-state index >= 15 is 0 Å². The molecule has 20 heavy (non-hydrogen) atoms. The van der Waals surface area contributed by atoms with Crippen LogP contribution in [0.15, 0.2) is 48.5 Å². The molecule has 0 unspecified atom stereocenters. The molecule has 2 nitrogen and oxygen atoms in total. The summed E-state index contributed by atoms with van der Waals surface area (Å²) in [6.45, 7) is 2.61. The SMILES string of the molecule is CCCCc1ccccc1OCc1ccccc1C=O.